The third-order valence-electron chi connectivity index (χ3n) is 3.88. The standard InChI is InChI=1S/C18H14ClN5O2S/c1-9(26)22-14-4-10(2-3-20-14)16-15(18-23-12(7-25)8-27-18)17-13(24-16)5-11(19)6-21-17/h2-6,8,24-25H,7H2,1H3,(H,20,22,26). The van der Waals surface area contributed by atoms with Gasteiger partial charge >= 0.3 is 0 Å². The van der Waals surface area contributed by atoms with Crippen molar-refractivity contribution in [2.24, 2.45) is 0 Å². The van der Waals surface area contributed by atoms with Crippen LogP contribution in [0.3, 0.4) is 0 Å². The number of aromatic nitrogens is 4. The van der Waals surface area contributed by atoms with E-state index in [2.05, 4.69) is 25.3 Å². The molecule has 1 amide bonds. The fourth-order valence-corrected chi connectivity index (χ4v) is 3.82. The predicted molar refractivity (Wildman–Crippen MR) is 106 cm³/mol. The summed E-state index contributed by atoms with van der Waals surface area (Å²) in [6.45, 7) is 1.30. The molecule has 3 N–H and O–H groups in total. The molecule has 0 radical (unpaired) electrons. The van der Waals surface area contributed by atoms with Crippen LogP contribution in [0.5, 0.6) is 0 Å². The maximum absolute atomic E-state index is 11.3. The van der Waals surface area contributed by atoms with Gasteiger partial charge in [0.2, 0.25) is 5.91 Å². The smallest absolute Gasteiger partial charge is 0.222 e. The quantitative estimate of drug-likeness (QED) is 0.483. The number of aliphatic hydroxyl groups excluding tert-OH is 1. The number of pyridine rings is 2. The number of rotatable bonds is 4. The summed E-state index contributed by atoms with van der Waals surface area (Å²) < 4.78 is 0. The summed E-state index contributed by atoms with van der Waals surface area (Å²) in [5, 5.41) is 15.1. The van der Waals surface area contributed by atoms with Gasteiger partial charge in [0.25, 0.3) is 0 Å². The highest BCUT2D eigenvalue weighted by atomic mass is 35.5. The Morgan fingerprint density at radius 3 is 2.96 bits per heavy atom. The van der Waals surface area contributed by atoms with Crippen molar-refractivity contribution in [2.45, 2.75) is 13.5 Å². The molecule has 4 aromatic rings. The van der Waals surface area contributed by atoms with Crippen molar-refractivity contribution >= 4 is 45.7 Å². The molecule has 7 nitrogen and oxygen atoms in total. The Balaban J connectivity index is 1.94. The molecule has 0 fully saturated rings. The molecule has 4 rings (SSSR count). The Hall–Kier alpha value is -2.81. The van der Waals surface area contributed by atoms with Crippen molar-refractivity contribution in [1.29, 1.82) is 0 Å². The lowest BCUT2D eigenvalue weighted by atomic mass is 10.1. The summed E-state index contributed by atoms with van der Waals surface area (Å²) in [7, 11) is 0. The van der Waals surface area contributed by atoms with E-state index in [0.29, 0.717) is 16.5 Å². The van der Waals surface area contributed by atoms with Crippen LogP contribution in [0.4, 0.5) is 5.82 Å². The van der Waals surface area contributed by atoms with E-state index in [4.69, 9.17) is 11.6 Å². The molecule has 0 bridgehead atoms. The van der Waals surface area contributed by atoms with Gasteiger partial charge in [-0.25, -0.2) is 9.97 Å². The molecular weight excluding hydrogens is 386 g/mol. The molecule has 4 heterocycles. The van der Waals surface area contributed by atoms with Gasteiger partial charge in [-0.1, -0.05) is 11.6 Å². The van der Waals surface area contributed by atoms with Gasteiger partial charge < -0.3 is 15.4 Å². The molecule has 0 atom stereocenters. The lowest BCUT2D eigenvalue weighted by molar-refractivity contribution is -0.114. The SMILES string of the molecule is CC(=O)Nc1cc(-c2[nH]c3cc(Cl)cnc3c2-c2nc(CO)cs2)ccn1. The summed E-state index contributed by atoms with van der Waals surface area (Å²) in [6, 6.07) is 5.41. The van der Waals surface area contributed by atoms with Crippen LogP contribution in [-0.4, -0.2) is 30.9 Å². The molecule has 0 aliphatic heterocycles. The molecule has 0 unspecified atom stereocenters. The summed E-state index contributed by atoms with van der Waals surface area (Å²) >= 11 is 7.52. The Kier molecular flexibility index (Phi) is 4.61. The molecule has 0 saturated carbocycles. The van der Waals surface area contributed by atoms with E-state index < -0.39 is 0 Å². The number of aromatic amines is 1. The molecule has 4 aromatic heterocycles. The molecule has 0 aliphatic rings. The van der Waals surface area contributed by atoms with Crippen LogP contribution in [0.2, 0.25) is 5.02 Å². The van der Waals surface area contributed by atoms with Crippen LogP contribution < -0.4 is 5.32 Å². The van der Waals surface area contributed by atoms with E-state index in [-0.39, 0.29) is 12.5 Å². The van der Waals surface area contributed by atoms with E-state index in [1.165, 1.54) is 18.3 Å². The Morgan fingerprint density at radius 2 is 2.22 bits per heavy atom. The number of H-pyrrole nitrogens is 1. The minimum absolute atomic E-state index is 0.130. The second-order valence-electron chi connectivity index (χ2n) is 5.84. The number of nitrogens with one attached hydrogen (secondary N) is 2. The molecule has 0 aromatic carbocycles. The monoisotopic (exact) mass is 399 g/mol. The van der Waals surface area contributed by atoms with Gasteiger partial charge in [0.05, 0.1) is 39.6 Å². The largest absolute Gasteiger partial charge is 0.390 e. The van der Waals surface area contributed by atoms with Crippen molar-refractivity contribution < 1.29 is 9.90 Å². The van der Waals surface area contributed by atoms with Crippen LogP contribution in [0.15, 0.2) is 36.0 Å². The van der Waals surface area contributed by atoms with Crippen LogP contribution >= 0.6 is 22.9 Å². The van der Waals surface area contributed by atoms with Crippen molar-refractivity contribution in [2.75, 3.05) is 5.32 Å². The van der Waals surface area contributed by atoms with Gasteiger partial charge in [0, 0.05) is 30.3 Å². The Bertz CT molecular complexity index is 1150. The lowest BCUT2D eigenvalue weighted by Gasteiger charge is -2.05. The Labute approximate surface area is 163 Å². The topological polar surface area (TPSA) is 104 Å². The molecule has 0 saturated heterocycles. The first-order valence-electron chi connectivity index (χ1n) is 8.02. The number of thiazole rings is 1. The van der Waals surface area contributed by atoms with E-state index in [9.17, 15) is 9.90 Å². The summed E-state index contributed by atoms with van der Waals surface area (Å²) in [6.07, 6.45) is 3.21. The van der Waals surface area contributed by atoms with Gasteiger partial charge in [-0.15, -0.1) is 11.3 Å². The number of aliphatic hydroxyl groups is 1. The van der Waals surface area contributed by atoms with Crippen LogP contribution in [0.1, 0.15) is 12.6 Å². The highest BCUT2D eigenvalue weighted by Gasteiger charge is 2.20. The number of carbonyl (C=O) groups excluding carboxylic acids is 1. The molecular formula is C18H14ClN5O2S. The van der Waals surface area contributed by atoms with E-state index in [0.717, 1.165) is 32.9 Å². The fourth-order valence-electron chi connectivity index (χ4n) is 2.80. The van der Waals surface area contributed by atoms with Crippen molar-refractivity contribution in [3.05, 3.63) is 46.7 Å². The highest BCUT2D eigenvalue weighted by Crippen LogP contribution is 2.39. The lowest BCUT2D eigenvalue weighted by Crippen LogP contribution is -2.07. The third kappa shape index (κ3) is 3.42. The number of amides is 1. The van der Waals surface area contributed by atoms with Crippen molar-refractivity contribution in [1.82, 2.24) is 19.9 Å². The maximum Gasteiger partial charge on any atom is 0.222 e. The number of nitrogens with zero attached hydrogens (tertiary/aromatic N) is 3. The van der Waals surface area contributed by atoms with Gasteiger partial charge in [0.1, 0.15) is 10.8 Å². The number of hydrogen-bond acceptors (Lipinski definition) is 6. The fraction of sp³-hybridized carbons (Fsp3) is 0.111. The van der Waals surface area contributed by atoms with E-state index in [1.54, 1.807) is 24.5 Å². The van der Waals surface area contributed by atoms with E-state index in [1.807, 2.05) is 11.4 Å². The van der Waals surface area contributed by atoms with Crippen molar-refractivity contribution in [3.63, 3.8) is 0 Å². The van der Waals surface area contributed by atoms with Crippen LogP contribution in [-0.2, 0) is 11.4 Å². The van der Waals surface area contributed by atoms with Crippen LogP contribution in [0, 0.1) is 0 Å². The minimum atomic E-state index is -0.197. The summed E-state index contributed by atoms with van der Waals surface area (Å²) in [5.41, 5.74) is 4.51. The van der Waals surface area contributed by atoms with Crippen LogP contribution in [0.25, 0.3) is 32.9 Å². The third-order valence-corrected chi connectivity index (χ3v) is 5.00. The molecule has 0 aliphatic carbocycles. The van der Waals surface area contributed by atoms with Gasteiger partial charge in [-0.3, -0.25) is 9.78 Å². The number of fused-ring (bicyclic) bond motifs is 1. The first kappa shape index (κ1) is 17.6. The average molecular weight is 400 g/mol. The minimum Gasteiger partial charge on any atom is -0.390 e. The van der Waals surface area contributed by atoms with E-state index >= 15 is 0 Å². The molecule has 0 spiro atoms. The first-order valence-corrected chi connectivity index (χ1v) is 9.28. The normalized spacial score (nSPS) is 11.1. The predicted octanol–water partition coefficient (Wildman–Crippen LogP) is 3.85. The van der Waals surface area contributed by atoms with Gasteiger partial charge in [0.15, 0.2) is 0 Å². The van der Waals surface area contributed by atoms with Gasteiger partial charge in [-0.05, 0) is 18.2 Å². The molecule has 9 heteroatoms. The van der Waals surface area contributed by atoms with Crippen molar-refractivity contribution in [3.8, 4) is 21.8 Å². The first-order chi connectivity index (χ1) is 13.0. The average Bonchev–Trinajstić information content (AvgIpc) is 3.24. The van der Waals surface area contributed by atoms with Gasteiger partial charge in [-0.2, -0.15) is 0 Å². The second-order valence-corrected chi connectivity index (χ2v) is 7.13. The molecule has 27 heavy (non-hydrogen) atoms. The zero-order valence-electron chi connectivity index (χ0n) is 14.2. The zero-order valence-corrected chi connectivity index (χ0v) is 15.7. The zero-order chi connectivity index (χ0) is 19.0. The summed E-state index contributed by atoms with van der Waals surface area (Å²) in [4.78, 5) is 27.8. The number of anilines is 1. The molecule has 136 valence electrons. The number of carbonyl (C=O) groups is 1. The number of hydrogen-bond donors (Lipinski definition) is 3. The Morgan fingerprint density at radius 1 is 1.37 bits per heavy atom. The second kappa shape index (κ2) is 7.07. The highest BCUT2D eigenvalue weighted by molar-refractivity contribution is 7.13. The number of halogens is 1. The maximum atomic E-state index is 11.3. The summed E-state index contributed by atoms with van der Waals surface area (Å²) in [5.74, 6) is 0.253.